The minimum atomic E-state index is -5.98. The van der Waals surface area contributed by atoms with Gasteiger partial charge in [0.25, 0.3) is 0 Å². The zero-order chi connectivity index (χ0) is 12.3. The van der Waals surface area contributed by atoms with Gasteiger partial charge in [0.1, 0.15) is 5.03 Å². The summed E-state index contributed by atoms with van der Waals surface area (Å²) < 4.78 is 61.7. The molecule has 0 spiro atoms. The van der Waals surface area contributed by atoms with E-state index in [4.69, 9.17) is 11.6 Å². The van der Waals surface area contributed by atoms with Gasteiger partial charge < -0.3 is 4.74 Å². The fourth-order valence-corrected chi connectivity index (χ4v) is 0.522. The van der Waals surface area contributed by atoms with Crippen LogP contribution in [0.1, 0.15) is 0 Å². The molecule has 0 aliphatic rings. The van der Waals surface area contributed by atoms with E-state index in [0.717, 1.165) is 12.2 Å². The zero-order valence-corrected chi connectivity index (χ0v) is 7.70. The van der Waals surface area contributed by atoms with Crippen molar-refractivity contribution in [1.29, 1.82) is 0 Å². The molecular weight excluding hydrogens is 247 g/mol. The highest BCUT2D eigenvalue weighted by Crippen LogP contribution is 2.36. The molecule has 0 bridgehead atoms. The van der Waals surface area contributed by atoms with Crippen molar-refractivity contribution in [2.45, 2.75) is 12.3 Å². The summed E-state index contributed by atoms with van der Waals surface area (Å²) in [6, 6.07) is 0. The van der Waals surface area contributed by atoms with Crippen LogP contribution in [-0.4, -0.2) is 18.3 Å². The molecule has 0 aromatic heterocycles. The lowest BCUT2D eigenvalue weighted by molar-refractivity contribution is -0.374. The number of rotatable bonds is 3. The molecule has 0 rings (SSSR count). The molecule has 15 heavy (non-hydrogen) atoms. The second kappa shape index (κ2) is 4.61. The SMILES string of the molecule is C=CC=C(Cl)C(=O)OC(F)(F)C(F)(F)F. The van der Waals surface area contributed by atoms with Crippen molar-refractivity contribution < 1.29 is 31.5 Å². The van der Waals surface area contributed by atoms with Crippen LogP contribution >= 0.6 is 11.6 Å². The smallest absolute Gasteiger partial charge is 0.389 e. The molecule has 0 heterocycles. The van der Waals surface area contributed by atoms with Crippen LogP contribution in [0.4, 0.5) is 22.0 Å². The Balaban J connectivity index is 4.69. The molecule has 0 aromatic carbocycles. The lowest BCUT2D eigenvalue weighted by Gasteiger charge is -2.18. The van der Waals surface area contributed by atoms with Crippen molar-refractivity contribution >= 4 is 17.6 Å². The normalized spacial score (nSPS) is 13.6. The molecule has 0 radical (unpaired) electrons. The molecule has 0 unspecified atom stereocenters. The van der Waals surface area contributed by atoms with E-state index >= 15 is 0 Å². The first-order valence-electron chi connectivity index (χ1n) is 3.28. The van der Waals surface area contributed by atoms with E-state index in [1.54, 1.807) is 0 Å². The molecule has 0 saturated heterocycles. The van der Waals surface area contributed by atoms with Gasteiger partial charge >= 0.3 is 18.3 Å². The van der Waals surface area contributed by atoms with E-state index in [1.165, 1.54) is 0 Å². The number of hydrogen-bond acceptors (Lipinski definition) is 2. The quantitative estimate of drug-likeness (QED) is 0.333. The molecule has 0 aromatic rings. The third-order valence-corrected chi connectivity index (χ3v) is 1.29. The van der Waals surface area contributed by atoms with Crippen LogP contribution in [0, 0.1) is 0 Å². The van der Waals surface area contributed by atoms with Gasteiger partial charge in [-0.1, -0.05) is 24.3 Å². The standard InChI is InChI=1S/C7H4ClF5O2/c1-2-3-4(8)5(14)15-7(12,13)6(9,10)11/h2-3H,1H2. The average molecular weight is 251 g/mol. The summed E-state index contributed by atoms with van der Waals surface area (Å²) in [7, 11) is 0. The fourth-order valence-electron chi connectivity index (χ4n) is 0.395. The van der Waals surface area contributed by atoms with Crippen LogP contribution in [0.2, 0.25) is 0 Å². The van der Waals surface area contributed by atoms with Gasteiger partial charge in [0.2, 0.25) is 0 Å². The Kier molecular flexibility index (Phi) is 4.27. The van der Waals surface area contributed by atoms with Crippen LogP contribution in [0.3, 0.4) is 0 Å². The Morgan fingerprint density at radius 2 is 1.73 bits per heavy atom. The molecule has 0 N–H and O–H groups in total. The third kappa shape index (κ3) is 3.86. The van der Waals surface area contributed by atoms with Crippen LogP contribution in [0.5, 0.6) is 0 Å². The average Bonchev–Trinajstić information content (AvgIpc) is 2.01. The number of esters is 1. The van der Waals surface area contributed by atoms with Gasteiger partial charge in [-0.25, -0.2) is 4.79 Å². The van der Waals surface area contributed by atoms with Crippen molar-refractivity contribution in [3.8, 4) is 0 Å². The Labute approximate surface area is 86.0 Å². The molecule has 86 valence electrons. The van der Waals surface area contributed by atoms with E-state index in [2.05, 4.69) is 11.3 Å². The van der Waals surface area contributed by atoms with Crippen LogP contribution < -0.4 is 0 Å². The molecule has 0 aliphatic heterocycles. The van der Waals surface area contributed by atoms with Gasteiger partial charge in [-0.2, -0.15) is 22.0 Å². The Hall–Kier alpha value is -1.11. The first-order valence-corrected chi connectivity index (χ1v) is 3.65. The minimum Gasteiger partial charge on any atom is -0.389 e. The Morgan fingerprint density at radius 1 is 1.27 bits per heavy atom. The van der Waals surface area contributed by atoms with Crippen LogP contribution in [0.25, 0.3) is 0 Å². The third-order valence-electron chi connectivity index (χ3n) is 1.01. The monoisotopic (exact) mass is 250 g/mol. The number of hydrogen-bond donors (Lipinski definition) is 0. The van der Waals surface area contributed by atoms with Gasteiger partial charge in [0.15, 0.2) is 0 Å². The number of carbonyl (C=O) groups is 1. The van der Waals surface area contributed by atoms with Gasteiger partial charge in [0.05, 0.1) is 0 Å². The number of allylic oxidation sites excluding steroid dienone is 2. The molecule has 0 aliphatic carbocycles. The summed E-state index contributed by atoms with van der Waals surface area (Å²) in [5, 5.41) is -0.936. The van der Waals surface area contributed by atoms with Gasteiger partial charge in [-0.15, -0.1) is 0 Å². The summed E-state index contributed by atoms with van der Waals surface area (Å²) in [6.07, 6.45) is -9.90. The number of ether oxygens (including phenoxy) is 1. The predicted octanol–water partition coefficient (Wildman–Crippen LogP) is 2.99. The highest BCUT2D eigenvalue weighted by Gasteiger charge is 2.62. The maximum atomic E-state index is 12.1. The molecule has 2 nitrogen and oxygen atoms in total. The predicted molar refractivity (Wildman–Crippen MR) is 41.2 cm³/mol. The highest BCUT2D eigenvalue weighted by atomic mass is 35.5. The number of alkyl halides is 5. The molecular formula is C7H4ClF5O2. The molecule has 0 fully saturated rings. The van der Waals surface area contributed by atoms with Gasteiger partial charge in [-0.05, 0) is 6.08 Å². The summed E-state index contributed by atoms with van der Waals surface area (Å²) in [6.45, 7) is 3.05. The van der Waals surface area contributed by atoms with E-state index < -0.39 is 23.3 Å². The highest BCUT2D eigenvalue weighted by molar-refractivity contribution is 6.41. The van der Waals surface area contributed by atoms with Crippen molar-refractivity contribution in [2.24, 2.45) is 0 Å². The first-order chi connectivity index (χ1) is 6.62. The van der Waals surface area contributed by atoms with Crippen molar-refractivity contribution in [3.63, 3.8) is 0 Å². The van der Waals surface area contributed by atoms with Gasteiger partial charge in [-0.3, -0.25) is 0 Å². The minimum absolute atomic E-state index is 0.719. The maximum absolute atomic E-state index is 12.1. The van der Waals surface area contributed by atoms with E-state index in [9.17, 15) is 26.7 Å². The van der Waals surface area contributed by atoms with Crippen molar-refractivity contribution in [3.05, 3.63) is 23.8 Å². The number of carbonyl (C=O) groups excluding carboxylic acids is 1. The van der Waals surface area contributed by atoms with Crippen LogP contribution in [-0.2, 0) is 9.53 Å². The molecule has 8 heteroatoms. The Morgan fingerprint density at radius 3 is 2.07 bits per heavy atom. The fraction of sp³-hybridized carbons (Fsp3) is 0.286. The molecule has 0 amide bonds. The zero-order valence-electron chi connectivity index (χ0n) is 6.95. The van der Waals surface area contributed by atoms with E-state index in [1.807, 2.05) is 0 Å². The molecule has 0 atom stereocenters. The molecule has 0 saturated carbocycles. The van der Waals surface area contributed by atoms with Crippen molar-refractivity contribution in [2.75, 3.05) is 0 Å². The van der Waals surface area contributed by atoms with Gasteiger partial charge in [0, 0.05) is 0 Å². The Bertz CT molecular complexity index is 294. The largest absolute Gasteiger partial charge is 0.501 e. The lowest BCUT2D eigenvalue weighted by atomic mass is 10.5. The second-order valence-corrected chi connectivity index (χ2v) is 2.56. The summed E-state index contributed by atoms with van der Waals surface area (Å²) in [5.41, 5.74) is 0. The van der Waals surface area contributed by atoms with Crippen molar-refractivity contribution in [1.82, 2.24) is 0 Å². The summed E-state index contributed by atoms with van der Waals surface area (Å²) >= 11 is 5.00. The van der Waals surface area contributed by atoms with E-state index in [-0.39, 0.29) is 0 Å². The topological polar surface area (TPSA) is 26.3 Å². The maximum Gasteiger partial charge on any atom is 0.501 e. The van der Waals surface area contributed by atoms with E-state index in [0.29, 0.717) is 0 Å². The van der Waals surface area contributed by atoms with Crippen LogP contribution in [0.15, 0.2) is 23.8 Å². The number of halogens is 6. The second-order valence-electron chi connectivity index (χ2n) is 2.15. The summed E-state index contributed by atoms with van der Waals surface area (Å²) in [5.74, 6) is -1.99. The first kappa shape index (κ1) is 13.9. The lowest BCUT2D eigenvalue weighted by Crippen LogP contribution is -2.40. The summed E-state index contributed by atoms with van der Waals surface area (Å²) in [4.78, 5) is 10.5.